The Bertz CT molecular complexity index is 669. The van der Waals surface area contributed by atoms with Crippen LogP contribution in [0.25, 0.3) is 0 Å². The Balaban J connectivity index is 2.45. The first-order valence-electron chi connectivity index (χ1n) is 5.69. The Hall–Kier alpha value is -2.64. The van der Waals surface area contributed by atoms with Gasteiger partial charge in [0.25, 0.3) is 5.92 Å². The van der Waals surface area contributed by atoms with Gasteiger partial charge in [0, 0.05) is 6.92 Å². The molecule has 0 aliphatic carbocycles. The van der Waals surface area contributed by atoms with Crippen LogP contribution in [0.5, 0.6) is 11.6 Å². The monoisotopic (exact) mass is 298 g/mol. The molecule has 0 fully saturated rings. The molecule has 1 heterocycles. The molecular weight excluding hydrogens is 289 g/mol. The van der Waals surface area contributed by atoms with Crippen LogP contribution in [0.3, 0.4) is 0 Å². The number of carboxylic acids is 1. The second-order valence-electron chi connectivity index (χ2n) is 4.16. The fourth-order valence-corrected chi connectivity index (χ4v) is 1.46. The number of carboxylic acid groups (broad SMARTS) is 1. The normalized spacial score (nSPS) is 11.2. The van der Waals surface area contributed by atoms with E-state index in [4.69, 9.17) is 9.84 Å². The number of nitrogens with zero attached hydrogens (tertiary/aromatic N) is 2. The van der Waals surface area contributed by atoms with E-state index in [1.54, 1.807) is 0 Å². The highest BCUT2D eigenvalue weighted by atomic mass is 19.3. The maximum Gasteiger partial charge on any atom is 0.356 e. The summed E-state index contributed by atoms with van der Waals surface area (Å²) in [7, 11) is 0. The number of aromatic carboxylic acids is 1. The molecule has 0 spiro atoms. The minimum Gasteiger partial charge on any atom is -0.476 e. The molecule has 0 amide bonds. The summed E-state index contributed by atoms with van der Waals surface area (Å²) >= 11 is 0. The van der Waals surface area contributed by atoms with Crippen LogP contribution < -0.4 is 4.74 Å². The molecule has 8 heteroatoms. The van der Waals surface area contributed by atoms with Gasteiger partial charge in [-0.1, -0.05) is 0 Å². The number of hydrogen-bond acceptors (Lipinski definition) is 4. The minimum absolute atomic E-state index is 0.0266. The summed E-state index contributed by atoms with van der Waals surface area (Å²) < 4.78 is 44.7. The zero-order chi connectivity index (χ0) is 15.6. The lowest BCUT2D eigenvalue weighted by atomic mass is 10.2. The summed E-state index contributed by atoms with van der Waals surface area (Å²) in [6.07, 6.45) is 0.715. The molecule has 0 unspecified atom stereocenters. The van der Waals surface area contributed by atoms with Crippen molar-refractivity contribution >= 4 is 5.97 Å². The first-order valence-corrected chi connectivity index (χ1v) is 5.69. The third-order valence-corrected chi connectivity index (χ3v) is 2.40. The van der Waals surface area contributed by atoms with Crippen molar-refractivity contribution < 1.29 is 27.8 Å². The van der Waals surface area contributed by atoms with E-state index >= 15 is 0 Å². The van der Waals surface area contributed by atoms with E-state index in [2.05, 4.69) is 9.97 Å². The molecule has 0 saturated heterocycles. The van der Waals surface area contributed by atoms with Gasteiger partial charge in [0.15, 0.2) is 11.4 Å². The molecular formula is C13H9F3N2O3. The van der Waals surface area contributed by atoms with Gasteiger partial charge < -0.3 is 9.84 Å². The lowest BCUT2D eigenvalue weighted by Crippen LogP contribution is -2.15. The Morgan fingerprint density at radius 3 is 2.43 bits per heavy atom. The van der Waals surface area contributed by atoms with Crippen LogP contribution in [0.2, 0.25) is 0 Å². The van der Waals surface area contributed by atoms with Gasteiger partial charge in [0.2, 0.25) is 5.88 Å². The topological polar surface area (TPSA) is 72.3 Å². The van der Waals surface area contributed by atoms with Crippen LogP contribution in [-0.2, 0) is 5.92 Å². The van der Waals surface area contributed by atoms with Gasteiger partial charge in [-0.2, -0.15) is 8.78 Å². The molecule has 1 aromatic heterocycles. The first-order chi connectivity index (χ1) is 9.77. The quantitative estimate of drug-likeness (QED) is 0.938. The molecule has 0 bridgehead atoms. The van der Waals surface area contributed by atoms with Crippen molar-refractivity contribution in [1.82, 2.24) is 9.97 Å². The maximum absolute atomic E-state index is 13.4. The molecule has 5 nitrogen and oxygen atoms in total. The van der Waals surface area contributed by atoms with Crippen molar-refractivity contribution in [2.75, 3.05) is 0 Å². The smallest absolute Gasteiger partial charge is 0.356 e. The SMILES string of the molecule is CC(F)(F)c1ncc(C(=O)O)nc1Oc1ccc(F)cc1. The maximum atomic E-state index is 13.4. The lowest BCUT2D eigenvalue weighted by Gasteiger charge is -2.14. The number of benzene rings is 1. The zero-order valence-corrected chi connectivity index (χ0v) is 10.7. The van der Waals surface area contributed by atoms with E-state index in [0.717, 1.165) is 12.1 Å². The lowest BCUT2D eigenvalue weighted by molar-refractivity contribution is 0.00982. The molecule has 0 aliphatic heterocycles. The van der Waals surface area contributed by atoms with Gasteiger partial charge >= 0.3 is 5.97 Å². The molecule has 0 atom stereocenters. The van der Waals surface area contributed by atoms with Crippen LogP contribution in [0.1, 0.15) is 23.1 Å². The Labute approximate surface area is 117 Å². The van der Waals surface area contributed by atoms with Gasteiger partial charge in [0.1, 0.15) is 11.6 Å². The van der Waals surface area contributed by atoms with Crippen molar-refractivity contribution in [3.05, 3.63) is 47.7 Å². The predicted octanol–water partition coefficient (Wildman–Crippen LogP) is 3.22. The first kappa shape index (κ1) is 14.8. The highest BCUT2D eigenvalue weighted by Gasteiger charge is 2.32. The average molecular weight is 298 g/mol. The van der Waals surface area contributed by atoms with E-state index in [9.17, 15) is 18.0 Å². The number of rotatable bonds is 4. The van der Waals surface area contributed by atoms with Crippen LogP contribution in [0, 0.1) is 5.82 Å². The Kier molecular flexibility index (Phi) is 3.79. The Morgan fingerprint density at radius 2 is 1.90 bits per heavy atom. The van der Waals surface area contributed by atoms with Crippen molar-refractivity contribution in [3.8, 4) is 11.6 Å². The fourth-order valence-electron chi connectivity index (χ4n) is 1.46. The largest absolute Gasteiger partial charge is 0.476 e. The van der Waals surface area contributed by atoms with Crippen molar-refractivity contribution in [1.29, 1.82) is 0 Å². The van der Waals surface area contributed by atoms with Crippen LogP contribution in [0.4, 0.5) is 13.2 Å². The van der Waals surface area contributed by atoms with E-state index < -0.39 is 35.0 Å². The summed E-state index contributed by atoms with van der Waals surface area (Å²) in [6.45, 7) is 0.578. The number of hydrogen-bond donors (Lipinski definition) is 1. The van der Waals surface area contributed by atoms with Crippen LogP contribution in [-0.4, -0.2) is 21.0 Å². The van der Waals surface area contributed by atoms with Crippen LogP contribution in [0.15, 0.2) is 30.5 Å². The molecule has 1 aromatic carbocycles. The third-order valence-electron chi connectivity index (χ3n) is 2.40. The molecule has 110 valence electrons. The number of ether oxygens (including phenoxy) is 1. The minimum atomic E-state index is -3.38. The Morgan fingerprint density at radius 1 is 1.29 bits per heavy atom. The molecule has 2 rings (SSSR count). The van der Waals surface area contributed by atoms with Gasteiger partial charge in [0.05, 0.1) is 6.20 Å². The summed E-state index contributed by atoms with van der Waals surface area (Å²) in [6, 6.07) is 4.52. The summed E-state index contributed by atoms with van der Waals surface area (Å²) in [4.78, 5) is 17.7. The molecule has 21 heavy (non-hydrogen) atoms. The van der Waals surface area contributed by atoms with Gasteiger partial charge in [-0.3, -0.25) is 0 Å². The molecule has 0 saturated carbocycles. The second kappa shape index (κ2) is 5.39. The van der Waals surface area contributed by atoms with Crippen LogP contribution >= 0.6 is 0 Å². The number of carbonyl (C=O) groups is 1. The van der Waals surface area contributed by atoms with E-state index in [-0.39, 0.29) is 5.75 Å². The van der Waals surface area contributed by atoms with E-state index in [0.29, 0.717) is 13.1 Å². The summed E-state index contributed by atoms with van der Waals surface area (Å²) in [5.41, 5.74) is -1.35. The van der Waals surface area contributed by atoms with E-state index in [1.165, 1.54) is 12.1 Å². The van der Waals surface area contributed by atoms with E-state index in [1.807, 2.05) is 0 Å². The fraction of sp³-hybridized carbons (Fsp3) is 0.154. The molecule has 2 aromatic rings. The molecule has 0 aliphatic rings. The predicted molar refractivity (Wildman–Crippen MR) is 65.0 cm³/mol. The van der Waals surface area contributed by atoms with Crippen molar-refractivity contribution in [3.63, 3.8) is 0 Å². The zero-order valence-electron chi connectivity index (χ0n) is 10.7. The van der Waals surface area contributed by atoms with Gasteiger partial charge in [-0.15, -0.1) is 0 Å². The standard InChI is InChI=1S/C13H9F3N2O3/c1-13(15,16)10-11(18-9(6-17-10)12(19)20)21-8-4-2-7(14)3-5-8/h2-6H,1H3,(H,19,20). The summed E-state index contributed by atoms with van der Waals surface area (Å²) in [5, 5.41) is 8.81. The summed E-state index contributed by atoms with van der Waals surface area (Å²) in [5.74, 6) is -5.96. The highest BCUT2D eigenvalue weighted by molar-refractivity contribution is 5.85. The van der Waals surface area contributed by atoms with Crippen molar-refractivity contribution in [2.24, 2.45) is 0 Å². The van der Waals surface area contributed by atoms with Crippen molar-refractivity contribution in [2.45, 2.75) is 12.8 Å². The highest BCUT2D eigenvalue weighted by Crippen LogP contribution is 2.33. The molecule has 1 N–H and O–H groups in total. The third kappa shape index (κ3) is 3.47. The second-order valence-corrected chi connectivity index (χ2v) is 4.16. The molecule has 0 radical (unpaired) electrons. The number of alkyl halides is 2. The average Bonchev–Trinajstić information content (AvgIpc) is 2.40. The van der Waals surface area contributed by atoms with Gasteiger partial charge in [-0.25, -0.2) is 19.2 Å². The van der Waals surface area contributed by atoms with Gasteiger partial charge in [-0.05, 0) is 24.3 Å². The number of halogens is 3. The number of aromatic nitrogens is 2.